The van der Waals surface area contributed by atoms with Crippen molar-refractivity contribution in [2.24, 2.45) is 4.99 Å². The van der Waals surface area contributed by atoms with Gasteiger partial charge in [-0.3, -0.25) is 4.99 Å². The van der Waals surface area contributed by atoms with Crippen molar-refractivity contribution >= 4 is 29.9 Å². The van der Waals surface area contributed by atoms with E-state index < -0.39 is 0 Å². The Bertz CT molecular complexity index is 489. The zero-order valence-corrected chi connectivity index (χ0v) is 16.3. The molecule has 1 aromatic carbocycles. The van der Waals surface area contributed by atoms with Gasteiger partial charge in [-0.05, 0) is 37.6 Å². The normalized spacial score (nSPS) is 15.6. The molecular formula is C17H28FIN4. The van der Waals surface area contributed by atoms with Crippen LogP contribution in [0.1, 0.15) is 31.2 Å². The van der Waals surface area contributed by atoms with E-state index in [0.29, 0.717) is 6.54 Å². The topological polar surface area (TPSA) is 39.7 Å². The van der Waals surface area contributed by atoms with Gasteiger partial charge < -0.3 is 15.5 Å². The lowest BCUT2D eigenvalue weighted by molar-refractivity contribution is 0.249. The Hall–Kier alpha value is -0.890. The number of halogens is 2. The van der Waals surface area contributed by atoms with Crippen molar-refractivity contribution in [3.05, 3.63) is 35.6 Å². The van der Waals surface area contributed by atoms with E-state index in [4.69, 9.17) is 0 Å². The van der Waals surface area contributed by atoms with Crippen LogP contribution in [0.3, 0.4) is 0 Å². The van der Waals surface area contributed by atoms with Gasteiger partial charge in [0.05, 0.1) is 0 Å². The van der Waals surface area contributed by atoms with Crippen molar-refractivity contribution in [1.82, 2.24) is 15.5 Å². The first-order valence-corrected chi connectivity index (χ1v) is 8.08. The minimum atomic E-state index is -0.208. The highest BCUT2D eigenvalue weighted by atomic mass is 127. The second kappa shape index (κ2) is 10.8. The van der Waals surface area contributed by atoms with Crippen LogP contribution >= 0.6 is 24.0 Å². The van der Waals surface area contributed by atoms with Gasteiger partial charge in [0.15, 0.2) is 5.96 Å². The Morgan fingerprint density at radius 3 is 2.70 bits per heavy atom. The lowest BCUT2D eigenvalue weighted by Crippen LogP contribution is -2.42. The highest BCUT2D eigenvalue weighted by molar-refractivity contribution is 14.0. The highest BCUT2D eigenvalue weighted by Crippen LogP contribution is 2.21. The van der Waals surface area contributed by atoms with Gasteiger partial charge in [-0.1, -0.05) is 25.0 Å². The number of benzene rings is 1. The lowest BCUT2D eigenvalue weighted by atomic mass is 10.2. The predicted molar refractivity (Wildman–Crippen MR) is 105 cm³/mol. The minimum Gasteiger partial charge on any atom is -0.355 e. The summed E-state index contributed by atoms with van der Waals surface area (Å²) >= 11 is 0. The van der Waals surface area contributed by atoms with E-state index in [2.05, 4.69) is 27.6 Å². The zero-order chi connectivity index (χ0) is 15.8. The van der Waals surface area contributed by atoms with Crippen LogP contribution in [0.4, 0.5) is 4.39 Å². The third-order valence-corrected chi connectivity index (χ3v) is 4.28. The van der Waals surface area contributed by atoms with Crippen molar-refractivity contribution in [2.45, 2.75) is 38.3 Å². The summed E-state index contributed by atoms with van der Waals surface area (Å²) in [6, 6.07) is 7.35. The molecule has 0 amide bonds. The Kier molecular flexibility index (Phi) is 9.47. The Morgan fingerprint density at radius 1 is 1.30 bits per heavy atom. The summed E-state index contributed by atoms with van der Waals surface area (Å²) in [4.78, 5) is 6.63. The van der Waals surface area contributed by atoms with Gasteiger partial charge in [-0.15, -0.1) is 24.0 Å². The quantitative estimate of drug-likeness (QED) is 0.411. The van der Waals surface area contributed by atoms with Crippen LogP contribution < -0.4 is 10.6 Å². The van der Waals surface area contributed by atoms with Gasteiger partial charge in [-0.25, -0.2) is 4.39 Å². The lowest BCUT2D eigenvalue weighted by Gasteiger charge is -2.24. The Labute approximate surface area is 156 Å². The standard InChI is InChI=1S/C17H27FN4.HI/c1-19-17(21-13-14-6-5-7-15(18)12-14)20-10-11-22(2)16-8-3-4-9-16;/h5-7,12,16H,3-4,8-11,13H2,1-2H3,(H2,19,20,21);1H. The summed E-state index contributed by atoms with van der Waals surface area (Å²) in [5, 5.41) is 6.52. The molecule has 0 heterocycles. The number of aliphatic imine (C=N–C) groups is 1. The number of likely N-dealkylation sites (N-methyl/N-ethyl adjacent to an activating group) is 1. The van der Waals surface area contributed by atoms with E-state index in [1.807, 2.05) is 6.07 Å². The molecule has 0 bridgehead atoms. The maximum atomic E-state index is 13.1. The first-order chi connectivity index (χ1) is 10.7. The molecule has 0 unspecified atom stereocenters. The summed E-state index contributed by atoms with van der Waals surface area (Å²) in [7, 11) is 3.95. The summed E-state index contributed by atoms with van der Waals surface area (Å²) < 4.78 is 13.1. The number of rotatable bonds is 6. The second-order valence-corrected chi connectivity index (χ2v) is 5.90. The average Bonchev–Trinajstić information content (AvgIpc) is 3.05. The van der Waals surface area contributed by atoms with E-state index in [0.717, 1.165) is 30.7 Å². The molecule has 1 aliphatic carbocycles. The Morgan fingerprint density at radius 2 is 2.04 bits per heavy atom. The number of hydrogen-bond acceptors (Lipinski definition) is 2. The van der Waals surface area contributed by atoms with Gasteiger partial charge in [0.2, 0.25) is 0 Å². The fraction of sp³-hybridized carbons (Fsp3) is 0.588. The number of nitrogens with one attached hydrogen (secondary N) is 2. The molecule has 0 aromatic heterocycles. The predicted octanol–water partition coefficient (Wildman–Crippen LogP) is 2.98. The van der Waals surface area contributed by atoms with Gasteiger partial charge >= 0.3 is 0 Å². The van der Waals surface area contributed by atoms with Crippen LogP contribution in [0.25, 0.3) is 0 Å². The largest absolute Gasteiger partial charge is 0.355 e. The summed E-state index contributed by atoms with van der Waals surface area (Å²) in [6.45, 7) is 2.43. The number of guanidine groups is 1. The number of nitrogens with zero attached hydrogens (tertiary/aromatic N) is 2. The molecule has 0 aliphatic heterocycles. The molecule has 0 atom stereocenters. The molecule has 0 saturated heterocycles. The van der Waals surface area contributed by atoms with Gasteiger partial charge in [-0.2, -0.15) is 0 Å². The first kappa shape index (κ1) is 20.2. The molecule has 23 heavy (non-hydrogen) atoms. The van der Waals surface area contributed by atoms with Crippen LogP contribution in [0.5, 0.6) is 0 Å². The molecule has 1 aromatic rings. The van der Waals surface area contributed by atoms with Gasteiger partial charge in [0.25, 0.3) is 0 Å². The van der Waals surface area contributed by atoms with E-state index >= 15 is 0 Å². The monoisotopic (exact) mass is 434 g/mol. The van der Waals surface area contributed by atoms with Crippen molar-refractivity contribution < 1.29 is 4.39 Å². The fourth-order valence-electron chi connectivity index (χ4n) is 2.93. The molecule has 1 saturated carbocycles. The fourth-order valence-corrected chi connectivity index (χ4v) is 2.93. The molecule has 130 valence electrons. The van der Waals surface area contributed by atoms with Crippen LogP contribution in [-0.2, 0) is 6.54 Å². The molecule has 2 rings (SSSR count). The first-order valence-electron chi connectivity index (χ1n) is 8.08. The molecular weight excluding hydrogens is 406 g/mol. The maximum absolute atomic E-state index is 13.1. The summed E-state index contributed by atoms with van der Waals surface area (Å²) in [6.07, 6.45) is 5.37. The molecule has 1 aliphatic rings. The minimum absolute atomic E-state index is 0. The van der Waals surface area contributed by atoms with Crippen LogP contribution in [0.2, 0.25) is 0 Å². The summed E-state index contributed by atoms with van der Waals surface area (Å²) in [5.74, 6) is 0.546. The van der Waals surface area contributed by atoms with Crippen molar-refractivity contribution in [3.8, 4) is 0 Å². The van der Waals surface area contributed by atoms with Crippen LogP contribution in [0, 0.1) is 5.82 Å². The molecule has 6 heteroatoms. The van der Waals surface area contributed by atoms with E-state index in [1.54, 1.807) is 13.1 Å². The van der Waals surface area contributed by atoms with Crippen LogP contribution in [0.15, 0.2) is 29.3 Å². The molecule has 4 nitrogen and oxygen atoms in total. The third kappa shape index (κ3) is 7.03. The smallest absolute Gasteiger partial charge is 0.191 e. The zero-order valence-electron chi connectivity index (χ0n) is 14.0. The molecule has 0 spiro atoms. The maximum Gasteiger partial charge on any atom is 0.191 e. The van der Waals surface area contributed by atoms with E-state index in [9.17, 15) is 4.39 Å². The van der Waals surface area contributed by atoms with E-state index in [1.165, 1.54) is 37.8 Å². The van der Waals surface area contributed by atoms with Gasteiger partial charge in [0, 0.05) is 32.7 Å². The number of hydrogen-bond donors (Lipinski definition) is 2. The van der Waals surface area contributed by atoms with Crippen LogP contribution in [-0.4, -0.2) is 44.1 Å². The van der Waals surface area contributed by atoms with Crippen molar-refractivity contribution in [2.75, 3.05) is 27.2 Å². The van der Waals surface area contributed by atoms with Crippen molar-refractivity contribution in [3.63, 3.8) is 0 Å². The second-order valence-electron chi connectivity index (χ2n) is 5.90. The average molecular weight is 434 g/mol. The Balaban J connectivity index is 0.00000264. The third-order valence-electron chi connectivity index (χ3n) is 4.28. The SMILES string of the molecule is CN=C(NCCN(C)C1CCCC1)NCc1cccc(F)c1.I. The molecule has 2 N–H and O–H groups in total. The highest BCUT2D eigenvalue weighted by Gasteiger charge is 2.18. The van der Waals surface area contributed by atoms with Crippen molar-refractivity contribution in [1.29, 1.82) is 0 Å². The molecule has 0 radical (unpaired) electrons. The van der Waals surface area contributed by atoms with E-state index in [-0.39, 0.29) is 29.8 Å². The summed E-state index contributed by atoms with van der Waals surface area (Å²) in [5.41, 5.74) is 0.908. The van der Waals surface area contributed by atoms with Gasteiger partial charge in [0.1, 0.15) is 5.82 Å². The molecule has 1 fully saturated rings.